The van der Waals surface area contributed by atoms with E-state index in [0.29, 0.717) is 19.5 Å². The number of nitrogens with zero attached hydrogens (tertiary/aromatic N) is 4. The molecular weight excluding hydrogens is 414 g/mol. The van der Waals surface area contributed by atoms with Crippen molar-refractivity contribution in [1.82, 2.24) is 24.2 Å². The molecule has 4 rings (SSSR count). The number of rotatable bonds is 4. The maximum absolute atomic E-state index is 12.7. The number of aryl methyl sites for hydroxylation is 1. The molecule has 8 nitrogen and oxygen atoms in total. The topological polar surface area (TPSA) is 96.7 Å². The first-order valence-corrected chi connectivity index (χ1v) is 11.7. The van der Waals surface area contributed by atoms with E-state index in [9.17, 15) is 13.2 Å². The molecule has 3 aromatic rings. The van der Waals surface area contributed by atoms with Crippen molar-refractivity contribution in [2.75, 3.05) is 13.1 Å². The largest absolute Gasteiger partial charge is 0.337 e. The number of hydrogen-bond donors (Lipinski definition) is 1. The van der Waals surface area contributed by atoms with Gasteiger partial charge in [0.25, 0.3) is 0 Å². The number of sulfonamides is 1. The lowest BCUT2D eigenvalue weighted by atomic mass is 9.87. The van der Waals surface area contributed by atoms with E-state index in [1.54, 1.807) is 23.2 Å². The van der Waals surface area contributed by atoms with E-state index in [1.165, 1.54) is 0 Å². The van der Waals surface area contributed by atoms with Crippen molar-refractivity contribution in [2.45, 2.75) is 51.0 Å². The Hall–Kier alpha value is -2.78. The average Bonchev–Trinajstić information content (AvgIpc) is 3.12. The van der Waals surface area contributed by atoms with Crippen LogP contribution in [0.1, 0.15) is 43.3 Å². The number of hydrogen-bond acceptors (Lipinski definition) is 5. The summed E-state index contributed by atoms with van der Waals surface area (Å²) in [5.41, 5.74) is 4.64. The van der Waals surface area contributed by atoms with Gasteiger partial charge in [-0.05, 0) is 30.0 Å². The lowest BCUT2D eigenvalue weighted by molar-refractivity contribution is -0.130. The SMILES string of the molecule is Cc1cc2ncc3c(n2n1)CCN(C(=O)CNS(=O)(=O)c1ccc(C(C)(C)C)cc1)C3. The van der Waals surface area contributed by atoms with Crippen LogP contribution in [0.2, 0.25) is 0 Å². The fraction of sp³-hybridized carbons (Fsp3) is 0.409. The third-order valence-electron chi connectivity index (χ3n) is 5.57. The minimum atomic E-state index is -3.77. The number of carbonyl (C=O) groups is 1. The Kier molecular flexibility index (Phi) is 5.35. The number of aromatic nitrogens is 3. The zero-order valence-electron chi connectivity index (χ0n) is 18.2. The fourth-order valence-corrected chi connectivity index (χ4v) is 4.73. The quantitative estimate of drug-likeness (QED) is 0.670. The molecule has 164 valence electrons. The Morgan fingerprint density at radius 2 is 1.90 bits per heavy atom. The van der Waals surface area contributed by atoms with Gasteiger partial charge >= 0.3 is 0 Å². The molecule has 1 N–H and O–H groups in total. The normalized spacial score (nSPS) is 14.6. The van der Waals surface area contributed by atoms with Crippen LogP contribution < -0.4 is 4.72 Å². The lowest BCUT2D eigenvalue weighted by Gasteiger charge is -2.28. The van der Waals surface area contributed by atoms with Crippen molar-refractivity contribution in [3.05, 3.63) is 59.0 Å². The van der Waals surface area contributed by atoms with Gasteiger partial charge in [-0.3, -0.25) is 4.79 Å². The summed E-state index contributed by atoms with van der Waals surface area (Å²) in [6.45, 7) is 8.73. The lowest BCUT2D eigenvalue weighted by Crippen LogP contribution is -2.43. The number of fused-ring (bicyclic) bond motifs is 3. The summed E-state index contributed by atoms with van der Waals surface area (Å²) in [5, 5.41) is 4.48. The van der Waals surface area contributed by atoms with Crippen molar-refractivity contribution in [3.8, 4) is 0 Å². The van der Waals surface area contributed by atoms with E-state index in [1.807, 2.05) is 29.6 Å². The van der Waals surface area contributed by atoms with Gasteiger partial charge in [-0.1, -0.05) is 32.9 Å². The van der Waals surface area contributed by atoms with Gasteiger partial charge in [-0.25, -0.2) is 22.6 Å². The number of benzene rings is 1. The first-order valence-electron chi connectivity index (χ1n) is 10.3. The molecule has 9 heteroatoms. The van der Waals surface area contributed by atoms with E-state index in [-0.39, 0.29) is 22.8 Å². The highest BCUT2D eigenvalue weighted by Crippen LogP contribution is 2.23. The van der Waals surface area contributed by atoms with Crippen LogP contribution in [-0.2, 0) is 33.2 Å². The summed E-state index contributed by atoms with van der Waals surface area (Å²) in [6.07, 6.45) is 2.41. The third kappa shape index (κ3) is 4.33. The minimum absolute atomic E-state index is 0.0639. The van der Waals surface area contributed by atoms with Crippen LogP contribution in [-0.4, -0.2) is 46.9 Å². The molecule has 0 saturated carbocycles. The Morgan fingerprint density at radius 3 is 2.58 bits per heavy atom. The highest BCUT2D eigenvalue weighted by atomic mass is 32.2. The van der Waals surface area contributed by atoms with Gasteiger partial charge in [-0.15, -0.1) is 0 Å². The van der Waals surface area contributed by atoms with Crippen molar-refractivity contribution in [3.63, 3.8) is 0 Å². The zero-order valence-corrected chi connectivity index (χ0v) is 19.0. The van der Waals surface area contributed by atoms with E-state index < -0.39 is 10.0 Å². The molecule has 0 unspecified atom stereocenters. The Morgan fingerprint density at radius 1 is 1.19 bits per heavy atom. The van der Waals surface area contributed by atoms with Gasteiger partial charge in [0, 0.05) is 37.3 Å². The third-order valence-corrected chi connectivity index (χ3v) is 6.99. The van der Waals surface area contributed by atoms with Gasteiger partial charge in [0.05, 0.1) is 22.8 Å². The van der Waals surface area contributed by atoms with Crippen LogP contribution in [0.5, 0.6) is 0 Å². The summed E-state index contributed by atoms with van der Waals surface area (Å²) in [4.78, 5) is 18.9. The second-order valence-electron chi connectivity index (χ2n) is 8.95. The van der Waals surface area contributed by atoms with E-state index >= 15 is 0 Å². The van der Waals surface area contributed by atoms with Crippen molar-refractivity contribution < 1.29 is 13.2 Å². The summed E-state index contributed by atoms with van der Waals surface area (Å²) < 4.78 is 29.5. The summed E-state index contributed by atoms with van der Waals surface area (Å²) in [7, 11) is -3.77. The Bertz CT molecular complexity index is 1240. The summed E-state index contributed by atoms with van der Waals surface area (Å²) in [5.74, 6) is -0.266. The maximum atomic E-state index is 12.7. The number of amides is 1. The highest BCUT2D eigenvalue weighted by Gasteiger charge is 2.25. The molecule has 0 radical (unpaired) electrons. The molecule has 1 aliphatic rings. The molecule has 0 saturated heterocycles. The zero-order chi connectivity index (χ0) is 22.4. The second-order valence-corrected chi connectivity index (χ2v) is 10.7. The molecule has 0 aliphatic carbocycles. The van der Waals surface area contributed by atoms with Crippen LogP contribution in [0, 0.1) is 6.92 Å². The molecule has 2 aromatic heterocycles. The molecule has 0 spiro atoms. The molecule has 0 fully saturated rings. The second kappa shape index (κ2) is 7.72. The Labute approximate surface area is 182 Å². The van der Waals surface area contributed by atoms with Gasteiger partial charge in [-0.2, -0.15) is 5.10 Å². The standard InChI is InChI=1S/C22H27N5O3S/c1-15-11-20-23-12-16-14-26(10-9-19(16)27(20)25-15)21(28)13-24-31(29,30)18-7-5-17(6-8-18)22(2,3)4/h5-8,11-12,24H,9-10,13-14H2,1-4H3. The van der Waals surface area contributed by atoms with Crippen molar-refractivity contribution in [2.24, 2.45) is 0 Å². The van der Waals surface area contributed by atoms with Crippen LogP contribution in [0.4, 0.5) is 0 Å². The molecular formula is C22H27N5O3S. The van der Waals surface area contributed by atoms with Gasteiger partial charge < -0.3 is 4.90 Å². The molecule has 1 aromatic carbocycles. The molecule has 0 bridgehead atoms. The monoisotopic (exact) mass is 441 g/mol. The smallest absolute Gasteiger partial charge is 0.241 e. The summed E-state index contributed by atoms with van der Waals surface area (Å²) in [6, 6.07) is 8.69. The first-order chi connectivity index (χ1) is 14.5. The van der Waals surface area contributed by atoms with E-state index in [4.69, 9.17) is 0 Å². The maximum Gasteiger partial charge on any atom is 0.241 e. The highest BCUT2D eigenvalue weighted by molar-refractivity contribution is 7.89. The van der Waals surface area contributed by atoms with Crippen LogP contribution in [0.3, 0.4) is 0 Å². The molecule has 1 amide bonds. The van der Waals surface area contributed by atoms with Gasteiger partial charge in [0.15, 0.2) is 5.65 Å². The average molecular weight is 442 g/mol. The molecule has 3 heterocycles. The molecule has 31 heavy (non-hydrogen) atoms. The predicted molar refractivity (Wildman–Crippen MR) is 117 cm³/mol. The summed E-state index contributed by atoms with van der Waals surface area (Å²) >= 11 is 0. The van der Waals surface area contributed by atoms with Crippen LogP contribution in [0.25, 0.3) is 5.65 Å². The Balaban J connectivity index is 1.42. The first kappa shape index (κ1) is 21.5. The molecule has 1 aliphatic heterocycles. The van der Waals surface area contributed by atoms with Gasteiger partial charge in [0.2, 0.25) is 15.9 Å². The number of carbonyl (C=O) groups excluding carboxylic acids is 1. The fourth-order valence-electron chi connectivity index (χ4n) is 3.75. The van der Waals surface area contributed by atoms with Crippen LogP contribution in [0.15, 0.2) is 41.4 Å². The predicted octanol–water partition coefficient (Wildman–Crippen LogP) is 2.20. The minimum Gasteiger partial charge on any atom is -0.337 e. The van der Waals surface area contributed by atoms with Crippen LogP contribution >= 0.6 is 0 Å². The van der Waals surface area contributed by atoms with Crippen molar-refractivity contribution >= 4 is 21.6 Å². The molecule has 0 atom stereocenters. The van der Waals surface area contributed by atoms with E-state index in [2.05, 4.69) is 35.6 Å². The number of nitrogens with one attached hydrogen (secondary N) is 1. The van der Waals surface area contributed by atoms with Gasteiger partial charge in [0.1, 0.15) is 0 Å². The van der Waals surface area contributed by atoms with Crippen molar-refractivity contribution in [1.29, 1.82) is 0 Å². The van der Waals surface area contributed by atoms with E-state index in [0.717, 1.165) is 28.2 Å².